The lowest BCUT2D eigenvalue weighted by Crippen LogP contribution is -2.01. The van der Waals surface area contributed by atoms with E-state index in [1.807, 2.05) is 0 Å². The van der Waals surface area contributed by atoms with Crippen molar-refractivity contribution in [2.75, 3.05) is 14.2 Å². The number of carbonyl (C=O) groups excluding carboxylic acids is 1. The minimum atomic E-state index is -0.268. The minimum absolute atomic E-state index is 0.0156. The van der Waals surface area contributed by atoms with Crippen LogP contribution in [0.25, 0.3) is 6.08 Å². The smallest absolute Gasteiger partial charge is 0.185 e. The molecule has 0 fully saturated rings. The van der Waals surface area contributed by atoms with Crippen LogP contribution in [-0.2, 0) is 6.61 Å². The summed E-state index contributed by atoms with van der Waals surface area (Å²) in [5.41, 5.74) is 1.73. The summed E-state index contributed by atoms with van der Waals surface area (Å²) in [5, 5.41) is 9.86. The first-order valence-electron chi connectivity index (χ1n) is 9.58. The summed E-state index contributed by atoms with van der Waals surface area (Å²) < 4.78 is 16.2. The van der Waals surface area contributed by atoms with Gasteiger partial charge in [-0.05, 0) is 42.0 Å². The van der Waals surface area contributed by atoms with Gasteiger partial charge in [0.25, 0.3) is 0 Å². The Morgan fingerprint density at radius 2 is 1.47 bits per heavy atom. The first-order chi connectivity index (χ1) is 16.2. The normalized spacial score (nSPS) is 11.0. The topological polar surface area (TPSA) is 65.0 Å². The number of aromatic hydroxyl groups is 1. The Kier molecular flexibility index (Phi) is 8.85. The van der Waals surface area contributed by atoms with Gasteiger partial charge in [-0.2, -0.15) is 0 Å². The molecule has 0 aromatic heterocycles. The summed E-state index contributed by atoms with van der Waals surface area (Å²) in [6.07, 6.45) is 3.05. The Hall–Kier alpha value is -2.28. The van der Waals surface area contributed by atoms with Gasteiger partial charge < -0.3 is 19.3 Å². The number of phenols is 1. The molecule has 0 unspecified atom stereocenters. The Morgan fingerprint density at radius 1 is 0.853 bits per heavy atom. The molecule has 0 radical (unpaired) electrons. The van der Waals surface area contributed by atoms with E-state index in [1.165, 1.54) is 38.5 Å². The van der Waals surface area contributed by atoms with E-state index in [0.29, 0.717) is 22.4 Å². The summed E-state index contributed by atoms with van der Waals surface area (Å²) in [4.78, 5) is 12.5. The van der Waals surface area contributed by atoms with Gasteiger partial charge in [-0.25, -0.2) is 0 Å². The SMILES string of the molecule is COc1cc(C(=O)/C=C/c2ccc(OC)c(COc3c(Cl)c(Cl)c(Cl)c(Cl)c3Cl)c2)ccc1O. The summed E-state index contributed by atoms with van der Waals surface area (Å²) in [6, 6.07) is 9.66. The molecule has 0 bridgehead atoms. The lowest BCUT2D eigenvalue weighted by atomic mass is 10.1. The van der Waals surface area contributed by atoms with Crippen molar-refractivity contribution in [3.05, 3.63) is 84.3 Å². The third-order valence-electron chi connectivity index (χ3n) is 4.74. The van der Waals surface area contributed by atoms with Crippen LogP contribution in [0.3, 0.4) is 0 Å². The molecule has 0 atom stereocenters. The molecule has 3 rings (SSSR count). The van der Waals surface area contributed by atoms with Crippen LogP contribution in [0, 0.1) is 0 Å². The van der Waals surface area contributed by atoms with Crippen molar-refractivity contribution >= 4 is 69.9 Å². The summed E-state index contributed by atoms with van der Waals surface area (Å²) in [5.74, 6) is 0.525. The standard InChI is InChI=1S/C24H17Cl5O5/c1-32-17-8-4-12(3-6-15(30)13-5-7-16(31)18(10-13)33-2)9-14(17)11-34-24-22(28)20(26)19(25)21(27)23(24)29/h3-10,31H,11H2,1-2H3/b6-3+. The van der Waals surface area contributed by atoms with Gasteiger partial charge in [-0.3, -0.25) is 4.79 Å². The minimum Gasteiger partial charge on any atom is -0.504 e. The highest BCUT2D eigenvalue weighted by atomic mass is 35.5. The van der Waals surface area contributed by atoms with Crippen molar-refractivity contribution in [1.82, 2.24) is 0 Å². The number of allylic oxidation sites excluding steroid dienone is 1. The van der Waals surface area contributed by atoms with Gasteiger partial charge in [-0.1, -0.05) is 70.1 Å². The van der Waals surface area contributed by atoms with Gasteiger partial charge in [-0.15, -0.1) is 0 Å². The van der Waals surface area contributed by atoms with E-state index in [-0.39, 0.29) is 54.8 Å². The molecular formula is C24H17Cl5O5. The van der Waals surface area contributed by atoms with Crippen molar-refractivity contribution in [1.29, 1.82) is 0 Å². The molecule has 0 spiro atoms. The molecule has 0 aliphatic heterocycles. The van der Waals surface area contributed by atoms with Crippen molar-refractivity contribution in [2.24, 2.45) is 0 Å². The second-order valence-electron chi connectivity index (χ2n) is 6.84. The second-order valence-corrected chi connectivity index (χ2v) is 8.73. The highest BCUT2D eigenvalue weighted by molar-refractivity contribution is 6.55. The van der Waals surface area contributed by atoms with E-state index < -0.39 is 0 Å². The number of hydrogen-bond acceptors (Lipinski definition) is 5. The third-order valence-corrected chi connectivity index (χ3v) is 6.98. The number of ketones is 1. The number of halogens is 5. The average Bonchev–Trinajstić information content (AvgIpc) is 2.85. The lowest BCUT2D eigenvalue weighted by Gasteiger charge is -2.15. The maximum absolute atomic E-state index is 12.5. The lowest BCUT2D eigenvalue weighted by molar-refractivity contribution is 0.104. The molecule has 3 aromatic rings. The van der Waals surface area contributed by atoms with Crippen LogP contribution in [-0.4, -0.2) is 25.1 Å². The number of methoxy groups -OCH3 is 2. The van der Waals surface area contributed by atoms with E-state index in [2.05, 4.69) is 0 Å². The van der Waals surface area contributed by atoms with Gasteiger partial charge in [0, 0.05) is 11.1 Å². The molecule has 0 saturated heterocycles. The molecule has 0 amide bonds. The predicted molar refractivity (Wildman–Crippen MR) is 137 cm³/mol. The molecule has 10 heteroatoms. The van der Waals surface area contributed by atoms with Crippen molar-refractivity contribution < 1.29 is 24.1 Å². The number of carbonyl (C=O) groups is 1. The van der Waals surface area contributed by atoms with E-state index in [1.54, 1.807) is 24.3 Å². The molecule has 34 heavy (non-hydrogen) atoms. The molecule has 1 N–H and O–H groups in total. The zero-order valence-electron chi connectivity index (χ0n) is 17.8. The van der Waals surface area contributed by atoms with Crippen LogP contribution in [0.15, 0.2) is 42.5 Å². The van der Waals surface area contributed by atoms with Gasteiger partial charge in [0.2, 0.25) is 0 Å². The van der Waals surface area contributed by atoms with Crippen LogP contribution >= 0.6 is 58.0 Å². The molecule has 178 valence electrons. The molecule has 0 heterocycles. The van der Waals surface area contributed by atoms with Crippen molar-refractivity contribution in [3.63, 3.8) is 0 Å². The number of hydrogen-bond donors (Lipinski definition) is 1. The Labute approximate surface area is 221 Å². The number of ether oxygens (including phenoxy) is 3. The van der Waals surface area contributed by atoms with E-state index >= 15 is 0 Å². The van der Waals surface area contributed by atoms with Gasteiger partial charge in [0.1, 0.15) is 22.4 Å². The zero-order valence-corrected chi connectivity index (χ0v) is 21.6. The maximum atomic E-state index is 12.5. The number of phenolic OH excluding ortho intramolecular Hbond substituents is 1. The quantitative estimate of drug-likeness (QED) is 0.130. The Morgan fingerprint density at radius 3 is 2.09 bits per heavy atom. The monoisotopic (exact) mass is 560 g/mol. The molecule has 3 aromatic carbocycles. The fourth-order valence-electron chi connectivity index (χ4n) is 2.98. The summed E-state index contributed by atoms with van der Waals surface area (Å²) in [6.45, 7) is 0.0156. The van der Waals surface area contributed by atoms with Crippen LogP contribution in [0.4, 0.5) is 0 Å². The summed E-state index contributed by atoms with van der Waals surface area (Å²) >= 11 is 30.7. The fourth-order valence-corrected chi connectivity index (χ4v) is 4.21. The van der Waals surface area contributed by atoms with Gasteiger partial charge in [0.05, 0.1) is 29.3 Å². The van der Waals surface area contributed by atoms with Crippen LogP contribution in [0.1, 0.15) is 21.5 Å². The van der Waals surface area contributed by atoms with Crippen LogP contribution in [0.5, 0.6) is 23.0 Å². The van der Waals surface area contributed by atoms with E-state index in [0.717, 1.165) is 0 Å². The largest absolute Gasteiger partial charge is 0.504 e. The maximum Gasteiger partial charge on any atom is 0.185 e. The molecule has 5 nitrogen and oxygen atoms in total. The van der Waals surface area contributed by atoms with Crippen LogP contribution in [0.2, 0.25) is 25.1 Å². The highest BCUT2D eigenvalue weighted by Gasteiger charge is 2.21. The van der Waals surface area contributed by atoms with E-state index in [9.17, 15) is 9.90 Å². The summed E-state index contributed by atoms with van der Waals surface area (Å²) in [7, 11) is 2.93. The molecule has 0 saturated carbocycles. The average molecular weight is 563 g/mol. The number of benzene rings is 3. The Balaban J connectivity index is 1.84. The fraction of sp³-hybridized carbons (Fsp3) is 0.125. The van der Waals surface area contributed by atoms with Gasteiger partial charge >= 0.3 is 0 Å². The van der Waals surface area contributed by atoms with Crippen molar-refractivity contribution in [3.8, 4) is 23.0 Å². The Bertz CT molecular complexity index is 1240. The first kappa shape index (κ1) is 26.3. The van der Waals surface area contributed by atoms with E-state index in [4.69, 9.17) is 72.2 Å². The zero-order chi connectivity index (χ0) is 25.0. The molecular weight excluding hydrogens is 546 g/mol. The van der Waals surface area contributed by atoms with Crippen molar-refractivity contribution in [2.45, 2.75) is 6.61 Å². The van der Waals surface area contributed by atoms with Crippen LogP contribution < -0.4 is 14.2 Å². The highest BCUT2D eigenvalue weighted by Crippen LogP contribution is 2.48. The van der Waals surface area contributed by atoms with Gasteiger partial charge in [0.15, 0.2) is 23.0 Å². The third kappa shape index (κ3) is 5.68. The first-order valence-corrected chi connectivity index (χ1v) is 11.5. The second kappa shape index (κ2) is 11.4. The number of rotatable bonds is 8. The predicted octanol–water partition coefficient (Wildman–Crippen LogP) is 8.15. The molecule has 0 aliphatic carbocycles. The molecule has 0 aliphatic rings.